The van der Waals surface area contributed by atoms with Crippen LogP contribution in [-0.4, -0.2) is 41.2 Å². The molecular formula is C73H87N3O5. The van der Waals surface area contributed by atoms with Crippen LogP contribution in [0.15, 0.2) is 144 Å². The molecule has 8 nitrogen and oxygen atoms in total. The molecule has 0 aliphatic heterocycles. The number of benzene rings is 7. The number of hydrogen-bond donors (Lipinski definition) is 0. The average Bonchev–Trinajstić information content (AvgIpc) is 3.92. The molecule has 81 heavy (non-hydrogen) atoms. The molecule has 0 aliphatic carbocycles. The zero-order valence-corrected chi connectivity index (χ0v) is 49.8. The highest BCUT2D eigenvalue weighted by molar-refractivity contribution is 6.11. The molecule has 9 aromatic rings. The zero-order chi connectivity index (χ0) is 56.6. The van der Waals surface area contributed by atoms with Crippen molar-refractivity contribution < 1.29 is 23.4 Å². The van der Waals surface area contributed by atoms with Gasteiger partial charge in [0.25, 0.3) is 0 Å². The summed E-state index contributed by atoms with van der Waals surface area (Å²) in [5.74, 6) is 4.46. The Morgan fingerprint density at radius 2 is 0.877 bits per heavy atom. The van der Waals surface area contributed by atoms with Gasteiger partial charge in [0, 0.05) is 49.7 Å². The fourth-order valence-corrected chi connectivity index (χ4v) is 11.1. The van der Waals surface area contributed by atoms with Gasteiger partial charge in [-0.25, -0.2) is 0 Å². The van der Waals surface area contributed by atoms with Gasteiger partial charge in [-0.1, -0.05) is 179 Å². The molecule has 0 atom stereocenters. The van der Waals surface area contributed by atoms with E-state index in [9.17, 15) is 0 Å². The van der Waals surface area contributed by atoms with Crippen LogP contribution in [0.25, 0.3) is 72.7 Å². The first-order chi connectivity index (χ1) is 39.6. The molecule has 0 fully saturated rings. The zero-order valence-electron chi connectivity index (χ0n) is 49.8. The van der Waals surface area contributed by atoms with Gasteiger partial charge in [0.1, 0.15) is 23.0 Å². The SMILES string of the molecule is CCCCCCOc1cc(-c2ccc(-c3nnc(-c4ccc(C(C)(C)c5cc(OCCCCCC)c(-c6ccc7c(c6)c6cc(C)ccc6n7-c6ccccc6)cc5OCCCCCC)cc4)o3)cc2)c(OCCCCCC)cc1C. The molecule has 2 heterocycles. The van der Waals surface area contributed by atoms with Gasteiger partial charge in [0.15, 0.2) is 0 Å². The predicted molar refractivity (Wildman–Crippen MR) is 337 cm³/mol. The number of para-hydroxylation sites is 1. The van der Waals surface area contributed by atoms with Gasteiger partial charge in [0.2, 0.25) is 11.8 Å². The summed E-state index contributed by atoms with van der Waals surface area (Å²) in [7, 11) is 0. The molecule has 0 amide bonds. The molecule has 0 unspecified atom stereocenters. The van der Waals surface area contributed by atoms with E-state index < -0.39 is 5.41 Å². The fourth-order valence-electron chi connectivity index (χ4n) is 11.1. The van der Waals surface area contributed by atoms with E-state index in [4.69, 9.17) is 23.4 Å². The number of aromatic nitrogens is 3. The van der Waals surface area contributed by atoms with E-state index in [2.05, 4.69) is 210 Å². The molecule has 0 saturated carbocycles. The summed E-state index contributed by atoms with van der Waals surface area (Å²) in [6.07, 6.45) is 18.2. The summed E-state index contributed by atoms with van der Waals surface area (Å²) in [4.78, 5) is 0. The number of fused-ring (bicyclic) bond motifs is 3. The van der Waals surface area contributed by atoms with Crippen molar-refractivity contribution in [3.05, 3.63) is 162 Å². The maximum Gasteiger partial charge on any atom is 0.248 e. The first-order valence-corrected chi connectivity index (χ1v) is 30.6. The Bertz CT molecular complexity index is 3430. The van der Waals surface area contributed by atoms with Crippen molar-refractivity contribution >= 4 is 21.8 Å². The summed E-state index contributed by atoms with van der Waals surface area (Å²) in [5.41, 5.74) is 13.5. The minimum absolute atomic E-state index is 0.465. The van der Waals surface area contributed by atoms with Crippen LogP contribution in [-0.2, 0) is 5.41 Å². The van der Waals surface area contributed by atoms with Gasteiger partial charge < -0.3 is 27.9 Å². The van der Waals surface area contributed by atoms with Crippen LogP contribution in [0.4, 0.5) is 0 Å². The van der Waals surface area contributed by atoms with Gasteiger partial charge in [-0.2, -0.15) is 0 Å². The van der Waals surface area contributed by atoms with Gasteiger partial charge in [-0.15, -0.1) is 10.2 Å². The van der Waals surface area contributed by atoms with Crippen LogP contribution in [0.3, 0.4) is 0 Å². The third kappa shape index (κ3) is 14.2. The van der Waals surface area contributed by atoms with Crippen molar-refractivity contribution in [1.82, 2.24) is 14.8 Å². The van der Waals surface area contributed by atoms with E-state index in [1.165, 1.54) is 85.2 Å². The molecule has 9 rings (SSSR count). The van der Waals surface area contributed by atoms with Gasteiger partial charge in [-0.3, -0.25) is 0 Å². The summed E-state index contributed by atoms with van der Waals surface area (Å²) in [6.45, 7) is 20.5. The molecule has 0 spiro atoms. The predicted octanol–water partition coefficient (Wildman–Crippen LogP) is 20.6. The lowest BCUT2D eigenvalue weighted by Gasteiger charge is -2.30. The maximum atomic E-state index is 6.93. The van der Waals surface area contributed by atoms with Crippen molar-refractivity contribution in [1.29, 1.82) is 0 Å². The van der Waals surface area contributed by atoms with E-state index >= 15 is 0 Å². The van der Waals surface area contributed by atoms with E-state index in [-0.39, 0.29) is 0 Å². The molecule has 424 valence electrons. The maximum absolute atomic E-state index is 6.93. The lowest BCUT2D eigenvalue weighted by molar-refractivity contribution is 0.292. The van der Waals surface area contributed by atoms with Gasteiger partial charge in [0.05, 0.1) is 37.5 Å². The summed E-state index contributed by atoms with van der Waals surface area (Å²) in [5, 5.41) is 11.6. The van der Waals surface area contributed by atoms with Gasteiger partial charge in [-0.05, 0) is 147 Å². The minimum atomic E-state index is -0.471. The Morgan fingerprint density at radius 3 is 1.44 bits per heavy atom. The highest BCUT2D eigenvalue weighted by Gasteiger charge is 2.30. The van der Waals surface area contributed by atoms with Gasteiger partial charge >= 0.3 is 0 Å². The van der Waals surface area contributed by atoms with E-state index in [0.717, 1.165) is 124 Å². The third-order valence-corrected chi connectivity index (χ3v) is 16.0. The van der Waals surface area contributed by atoms with Crippen LogP contribution in [0.5, 0.6) is 23.0 Å². The molecule has 8 heteroatoms. The highest BCUT2D eigenvalue weighted by atomic mass is 16.5. The van der Waals surface area contributed by atoms with E-state index in [1.54, 1.807) is 0 Å². The van der Waals surface area contributed by atoms with Crippen LogP contribution in [0.1, 0.15) is 167 Å². The monoisotopic (exact) mass is 1090 g/mol. The number of unbranched alkanes of at least 4 members (excludes halogenated alkanes) is 12. The molecule has 0 aliphatic rings. The van der Waals surface area contributed by atoms with E-state index in [1.807, 2.05) is 0 Å². The summed E-state index contributed by atoms with van der Waals surface area (Å²) < 4.78 is 35.5. The quantitative estimate of drug-likeness (QED) is 0.0401. The van der Waals surface area contributed by atoms with Crippen LogP contribution < -0.4 is 18.9 Å². The summed E-state index contributed by atoms with van der Waals surface area (Å²) >= 11 is 0. The number of nitrogens with zero attached hydrogens (tertiary/aromatic N) is 3. The van der Waals surface area contributed by atoms with Crippen LogP contribution in [0, 0.1) is 13.8 Å². The molecule has 2 aromatic heterocycles. The Labute approximate surface area is 483 Å². The fraction of sp³-hybridized carbons (Fsp3) is 0.397. The minimum Gasteiger partial charge on any atom is -0.493 e. The number of rotatable bonds is 31. The van der Waals surface area contributed by atoms with E-state index in [0.29, 0.717) is 38.2 Å². The van der Waals surface area contributed by atoms with Crippen molar-refractivity contribution in [2.45, 2.75) is 164 Å². The lowest BCUT2D eigenvalue weighted by atomic mass is 9.76. The normalized spacial score (nSPS) is 11.7. The Balaban J connectivity index is 1.01. The van der Waals surface area contributed by atoms with Crippen molar-refractivity contribution in [3.8, 4) is 73.8 Å². The molecular weight excluding hydrogens is 999 g/mol. The van der Waals surface area contributed by atoms with Crippen molar-refractivity contribution in [2.24, 2.45) is 0 Å². The smallest absolute Gasteiger partial charge is 0.248 e. The largest absolute Gasteiger partial charge is 0.493 e. The van der Waals surface area contributed by atoms with Crippen molar-refractivity contribution in [2.75, 3.05) is 26.4 Å². The topological polar surface area (TPSA) is 80.8 Å². The molecule has 0 N–H and O–H groups in total. The summed E-state index contributed by atoms with van der Waals surface area (Å²) in [6, 6.07) is 50.0. The van der Waals surface area contributed by atoms with Crippen LogP contribution in [0.2, 0.25) is 0 Å². The average molecular weight is 1090 g/mol. The Hall–Kier alpha value is -7.32. The third-order valence-electron chi connectivity index (χ3n) is 16.0. The first kappa shape index (κ1) is 58.3. The second kappa shape index (κ2) is 28.4. The molecule has 0 radical (unpaired) electrons. The first-order valence-electron chi connectivity index (χ1n) is 30.6. The second-order valence-electron chi connectivity index (χ2n) is 22.7. The van der Waals surface area contributed by atoms with Crippen LogP contribution >= 0.6 is 0 Å². The number of aryl methyl sites for hydroxylation is 2. The lowest BCUT2D eigenvalue weighted by Crippen LogP contribution is -2.21. The second-order valence-corrected chi connectivity index (χ2v) is 22.7. The van der Waals surface area contributed by atoms with Crippen molar-refractivity contribution in [3.63, 3.8) is 0 Å². The Morgan fingerprint density at radius 1 is 0.420 bits per heavy atom. The highest BCUT2D eigenvalue weighted by Crippen LogP contribution is 2.46. The Kier molecular flexibility index (Phi) is 20.5. The molecule has 7 aromatic carbocycles. The number of ether oxygens (including phenoxy) is 4. The molecule has 0 saturated heterocycles. The molecule has 0 bridgehead atoms. The standard InChI is InChI=1S/C73H87N3O5/c1-9-13-17-24-42-77-67-49-60(68(47-53(67)6)78-43-25-18-14-10-2)54-31-33-55(34-32-54)71-74-75-72(81-71)56-35-38-58(39-36-56)73(7,8)64-51-69(79-44-26-19-15-11-3)61(50-70(64)80-45-27-20-16-12-4)57-37-41-66-63(48-57)62-46-52(5)30-40-65(62)76(66)59-28-22-21-23-29-59/h21-23,28-41,46-51H,9-20,24-27,42-45H2,1-8H3. The number of hydrogen-bond acceptors (Lipinski definition) is 7.